The van der Waals surface area contributed by atoms with Crippen molar-refractivity contribution in [3.8, 4) is 0 Å². The van der Waals surface area contributed by atoms with Gasteiger partial charge in [-0.1, -0.05) is 85.8 Å². The predicted octanol–water partition coefficient (Wildman–Crippen LogP) is 6.04. The lowest BCUT2D eigenvalue weighted by Crippen LogP contribution is -2.44. The molecule has 2 nitrogen and oxygen atoms in total. The Morgan fingerprint density at radius 3 is 1.85 bits per heavy atom. The number of carbonyl (C=O) groups is 1. The van der Waals surface area contributed by atoms with Crippen LogP contribution in [0.3, 0.4) is 0 Å². The maximum atomic E-state index is 13.6. The average molecular weight is 355 g/mol. The second kappa shape index (κ2) is 7.79. The molecule has 2 heteroatoms. The Kier molecular flexibility index (Phi) is 5.06. The Balaban J connectivity index is 1.81. The molecule has 1 heterocycles. The van der Waals surface area contributed by atoms with Crippen LogP contribution in [-0.4, -0.2) is 10.8 Å². The van der Waals surface area contributed by atoms with Crippen molar-refractivity contribution in [2.45, 2.75) is 31.8 Å². The van der Waals surface area contributed by atoms with Gasteiger partial charge in [-0.05, 0) is 42.0 Å². The minimum Gasteiger partial charge on any atom is -0.324 e. The van der Waals surface area contributed by atoms with Crippen LogP contribution in [0.2, 0.25) is 0 Å². The molecule has 27 heavy (non-hydrogen) atoms. The summed E-state index contributed by atoms with van der Waals surface area (Å²) in [6.07, 6.45) is 2.10. The van der Waals surface area contributed by atoms with E-state index in [1.807, 2.05) is 42.5 Å². The number of nitrogens with zero attached hydrogens (tertiary/aromatic N) is 1. The van der Waals surface area contributed by atoms with Gasteiger partial charge in [-0.2, -0.15) is 0 Å². The van der Waals surface area contributed by atoms with Crippen LogP contribution in [0.15, 0.2) is 91.0 Å². The van der Waals surface area contributed by atoms with Crippen LogP contribution in [0.5, 0.6) is 0 Å². The maximum Gasteiger partial charge on any atom is 0.254 e. The van der Waals surface area contributed by atoms with Gasteiger partial charge in [-0.25, -0.2) is 0 Å². The number of amides is 1. The van der Waals surface area contributed by atoms with E-state index in [2.05, 4.69) is 60.4 Å². The topological polar surface area (TPSA) is 20.3 Å². The third-order valence-electron chi connectivity index (χ3n) is 5.65. The summed E-state index contributed by atoms with van der Waals surface area (Å²) < 4.78 is 0. The van der Waals surface area contributed by atoms with Crippen molar-refractivity contribution in [2.75, 3.05) is 0 Å². The normalized spacial score (nSPS) is 22.4. The van der Waals surface area contributed by atoms with E-state index in [0.29, 0.717) is 5.92 Å². The first-order chi connectivity index (χ1) is 13.3. The Morgan fingerprint density at radius 2 is 1.26 bits per heavy atom. The average Bonchev–Trinajstić information content (AvgIpc) is 2.75. The molecule has 1 saturated heterocycles. The van der Waals surface area contributed by atoms with Gasteiger partial charge >= 0.3 is 0 Å². The number of carbonyl (C=O) groups excluding carboxylic acids is 1. The van der Waals surface area contributed by atoms with Crippen LogP contribution in [-0.2, 0) is 0 Å². The highest BCUT2D eigenvalue weighted by molar-refractivity contribution is 5.95. The Hall–Kier alpha value is -2.87. The highest BCUT2D eigenvalue weighted by Crippen LogP contribution is 2.45. The highest BCUT2D eigenvalue weighted by Gasteiger charge is 2.39. The van der Waals surface area contributed by atoms with E-state index in [1.165, 1.54) is 11.1 Å². The summed E-state index contributed by atoms with van der Waals surface area (Å²) in [5, 5.41) is 0. The molecule has 3 aromatic carbocycles. The molecule has 0 bridgehead atoms. The lowest BCUT2D eigenvalue weighted by Gasteiger charge is -2.46. The van der Waals surface area contributed by atoms with Gasteiger partial charge in [0.2, 0.25) is 0 Å². The van der Waals surface area contributed by atoms with E-state index >= 15 is 0 Å². The summed E-state index contributed by atoms with van der Waals surface area (Å²) in [7, 11) is 0. The molecule has 1 aliphatic rings. The molecule has 0 radical (unpaired) electrons. The van der Waals surface area contributed by atoms with E-state index in [9.17, 15) is 4.79 Å². The number of rotatable bonds is 3. The fraction of sp³-hybridized carbons (Fsp3) is 0.240. The maximum absolute atomic E-state index is 13.6. The fourth-order valence-corrected chi connectivity index (χ4v) is 4.33. The summed E-state index contributed by atoms with van der Waals surface area (Å²) >= 11 is 0. The first-order valence-corrected chi connectivity index (χ1v) is 9.73. The number of likely N-dealkylation sites (tertiary alicyclic amines) is 1. The molecule has 4 rings (SSSR count). The molecule has 1 fully saturated rings. The van der Waals surface area contributed by atoms with E-state index in [-0.39, 0.29) is 18.0 Å². The predicted molar refractivity (Wildman–Crippen MR) is 109 cm³/mol. The summed E-state index contributed by atoms with van der Waals surface area (Å²) in [6, 6.07) is 30.8. The summed E-state index contributed by atoms with van der Waals surface area (Å²) in [5.74, 6) is 0.532. The number of hydrogen-bond donors (Lipinski definition) is 0. The Bertz CT molecular complexity index is 876. The van der Waals surface area contributed by atoms with Crippen molar-refractivity contribution in [3.05, 3.63) is 108 Å². The van der Waals surface area contributed by atoms with Crippen LogP contribution >= 0.6 is 0 Å². The monoisotopic (exact) mass is 355 g/mol. The Morgan fingerprint density at radius 1 is 0.741 bits per heavy atom. The molecule has 1 aliphatic heterocycles. The zero-order valence-corrected chi connectivity index (χ0v) is 15.7. The molecular formula is C25H25NO. The molecule has 136 valence electrons. The van der Waals surface area contributed by atoms with Gasteiger partial charge in [0.15, 0.2) is 0 Å². The lowest BCUT2D eigenvalue weighted by atomic mass is 9.80. The minimum absolute atomic E-state index is 0.0814. The van der Waals surface area contributed by atoms with Gasteiger partial charge in [0, 0.05) is 5.56 Å². The summed E-state index contributed by atoms with van der Waals surface area (Å²) in [5.41, 5.74) is 3.19. The van der Waals surface area contributed by atoms with Gasteiger partial charge in [0.1, 0.15) is 0 Å². The lowest BCUT2D eigenvalue weighted by molar-refractivity contribution is 0.0295. The number of piperidine rings is 1. The first-order valence-electron chi connectivity index (χ1n) is 9.73. The van der Waals surface area contributed by atoms with Crippen molar-refractivity contribution in [2.24, 2.45) is 5.92 Å². The third kappa shape index (κ3) is 3.52. The quantitative estimate of drug-likeness (QED) is 0.561. The van der Waals surface area contributed by atoms with Crippen molar-refractivity contribution >= 4 is 5.91 Å². The van der Waals surface area contributed by atoms with E-state index < -0.39 is 0 Å². The van der Waals surface area contributed by atoms with Gasteiger partial charge in [0.05, 0.1) is 12.1 Å². The molecule has 0 aliphatic carbocycles. The molecule has 0 saturated carbocycles. The number of benzene rings is 3. The standard InChI is InChI=1S/C25H25NO/c1-19-17-18-23(20-11-5-2-6-12-20)26(24(19)21-13-7-3-8-14-21)25(27)22-15-9-4-10-16-22/h2-16,19,23-24H,17-18H2,1H3. The summed E-state index contributed by atoms with van der Waals surface area (Å²) in [6.45, 7) is 2.27. The van der Waals surface area contributed by atoms with Gasteiger partial charge in [-0.15, -0.1) is 0 Å². The van der Waals surface area contributed by atoms with Crippen molar-refractivity contribution in [1.29, 1.82) is 0 Å². The van der Waals surface area contributed by atoms with Crippen LogP contribution < -0.4 is 0 Å². The highest BCUT2D eigenvalue weighted by atomic mass is 16.2. The molecule has 0 N–H and O–H groups in total. The molecule has 0 aromatic heterocycles. The smallest absolute Gasteiger partial charge is 0.254 e. The van der Waals surface area contributed by atoms with Crippen molar-refractivity contribution in [1.82, 2.24) is 4.90 Å². The van der Waals surface area contributed by atoms with Crippen molar-refractivity contribution < 1.29 is 4.79 Å². The van der Waals surface area contributed by atoms with E-state index in [4.69, 9.17) is 0 Å². The summed E-state index contributed by atoms with van der Waals surface area (Å²) in [4.78, 5) is 15.8. The minimum atomic E-state index is 0.0814. The zero-order chi connectivity index (χ0) is 18.6. The molecule has 1 amide bonds. The number of hydrogen-bond acceptors (Lipinski definition) is 1. The zero-order valence-electron chi connectivity index (χ0n) is 15.7. The molecule has 3 unspecified atom stereocenters. The van der Waals surface area contributed by atoms with Gasteiger partial charge < -0.3 is 4.90 Å². The van der Waals surface area contributed by atoms with Crippen LogP contribution in [0.1, 0.15) is 53.3 Å². The van der Waals surface area contributed by atoms with E-state index in [0.717, 1.165) is 18.4 Å². The van der Waals surface area contributed by atoms with Gasteiger partial charge in [0.25, 0.3) is 5.91 Å². The third-order valence-corrected chi connectivity index (χ3v) is 5.65. The van der Waals surface area contributed by atoms with Crippen LogP contribution in [0.25, 0.3) is 0 Å². The van der Waals surface area contributed by atoms with Crippen LogP contribution in [0, 0.1) is 5.92 Å². The SMILES string of the molecule is CC1CCC(c2ccccc2)N(C(=O)c2ccccc2)C1c1ccccc1. The van der Waals surface area contributed by atoms with Crippen LogP contribution in [0.4, 0.5) is 0 Å². The van der Waals surface area contributed by atoms with E-state index in [1.54, 1.807) is 0 Å². The second-order valence-electron chi connectivity index (χ2n) is 7.42. The second-order valence-corrected chi connectivity index (χ2v) is 7.42. The Labute approximate surface area is 161 Å². The molecule has 0 spiro atoms. The first kappa shape index (κ1) is 17.5. The molecule has 3 aromatic rings. The molecular weight excluding hydrogens is 330 g/mol. The molecule has 3 atom stereocenters. The van der Waals surface area contributed by atoms with Gasteiger partial charge in [-0.3, -0.25) is 4.79 Å². The fourth-order valence-electron chi connectivity index (χ4n) is 4.33. The largest absolute Gasteiger partial charge is 0.324 e. The van der Waals surface area contributed by atoms with Crippen molar-refractivity contribution in [3.63, 3.8) is 0 Å².